The maximum absolute atomic E-state index is 12.8. The molecule has 2 saturated carbocycles. The van der Waals surface area contributed by atoms with Crippen molar-refractivity contribution < 1.29 is 16.8 Å². The van der Waals surface area contributed by atoms with Gasteiger partial charge in [0.15, 0.2) is 9.84 Å². The van der Waals surface area contributed by atoms with Crippen LogP contribution in [0.1, 0.15) is 48.1 Å². The average Bonchev–Trinajstić information content (AvgIpc) is 3.83. The minimum atomic E-state index is -3.50. The first-order valence-corrected chi connectivity index (χ1v) is 17.8. The van der Waals surface area contributed by atoms with E-state index in [0.717, 1.165) is 48.7 Å². The summed E-state index contributed by atoms with van der Waals surface area (Å²) in [7, 11) is -4.63. The number of sulfone groups is 1. The topological polar surface area (TPSA) is 125 Å². The molecule has 12 heteroatoms. The van der Waals surface area contributed by atoms with Crippen molar-refractivity contribution in [3.05, 3.63) is 71.0 Å². The van der Waals surface area contributed by atoms with Gasteiger partial charge in [-0.25, -0.2) is 26.8 Å². The Morgan fingerprint density at radius 2 is 1.52 bits per heavy atom. The van der Waals surface area contributed by atoms with E-state index in [1.165, 1.54) is 5.69 Å². The van der Waals surface area contributed by atoms with Gasteiger partial charge in [-0.15, -0.1) is 0 Å². The number of likely N-dealkylation sites (N-methyl/N-ethyl adjacent to an activating group) is 1. The van der Waals surface area contributed by atoms with Crippen LogP contribution in [0.4, 0.5) is 23.0 Å². The molecule has 3 aromatic rings. The first-order valence-electron chi connectivity index (χ1n) is 14.5. The van der Waals surface area contributed by atoms with Crippen LogP contribution in [0.3, 0.4) is 0 Å². The zero-order valence-electron chi connectivity index (χ0n) is 24.1. The molecule has 42 heavy (non-hydrogen) atoms. The maximum atomic E-state index is 12.8. The molecule has 2 N–H and O–H groups in total. The summed E-state index contributed by atoms with van der Waals surface area (Å²) < 4.78 is 53.6. The van der Waals surface area contributed by atoms with E-state index in [4.69, 9.17) is 4.98 Å². The Kier molecular flexibility index (Phi) is 7.88. The van der Waals surface area contributed by atoms with Crippen LogP contribution in [0.25, 0.3) is 0 Å². The molecule has 3 aliphatic rings. The van der Waals surface area contributed by atoms with Gasteiger partial charge in [-0.05, 0) is 92.7 Å². The van der Waals surface area contributed by atoms with Crippen LogP contribution in [0.5, 0.6) is 0 Å². The number of benzene rings is 2. The summed E-state index contributed by atoms with van der Waals surface area (Å²) in [5.74, 6) is 0.355. The summed E-state index contributed by atoms with van der Waals surface area (Å²) in [6, 6.07) is 13.5. The number of nitrogens with one attached hydrogen (secondary N) is 2. The molecule has 6 rings (SSSR count). The Morgan fingerprint density at radius 1 is 0.857 bits per heavy atom. The van der Waals surface area contributed by atoms with Crippen molar-refractivity contribution in [3.63, 3.8) is 0 Å². The first-order chi connectivity index (χ1) is 20.0. The predicted octanol–water partition coefficient (Wildman–Crippen LogP) is 3.85. The zero-order valence-corrected chi connectivity index (χ0v) is 25.7. The van der Waals surface area contributed by atoms with Gasteiger partial charge < -0.3 is 15.1 Å². The molecule has 0 bridgehead atoms. The van der Waals surface area contributed by atoms with Gasteiger partial charge in [0.25, 0.3) is 0 Å². The Morgan fingerprint density at radius 3 is 2.19 bits per heavy atom. The maximum Gasteiger partial charge on any atom is 0.235 e. The summed E-state index contributed by atoms with van der Waals surface area (Å²) in [5, 5.41) is 2.63. The molecule has 1 aliphatic heterocycles. The van der Waals surface area contributed by atoms with E-state index in [-0.39, 0.29) is 16.3 Å². The highest BCUT2D eigenvalue weighted by Gasteiger charge is 2.37. The Hall–Kier alpha value is -3.22. The van der Waals surface area contributed by atoms with Crippen molar-refractivity contribution in [2.75, 3.05) is 48.2 Å². The van der Waals surface area contributed by atoms with Crippen LogP contribution in [0, 0.1) is 6.92 Å². The van der Waals surface area contributed by atoms with Gasteiger partial charge in [0.2, 0.25) is 16.0 Å². The third-order valence-electron chi connectivity index (χ3n) is 8.12. The van der Waals surface area contributed by atoms with Crippen molar-refractivity contribution in [2.45, 2.75) is 55.3 Å². The van der Waals surface area contributed by atoms with Crippen LogP contribution in [0.2, 0.25) is 0 Å². The van der Waals surface area contributed by atoms with Gasteiger partial charge in [-0.2, -0.15) is 0 Å². The number of hydrogen-bond acceptors (Lipinski definition) is 9. The second kappa shape index (κ2) is 11.5. The van der Waals surface area contributed by atoms with E-state index < -0.39 is 19.9 Å². The van der Waals surface area contributed by atoms with Crippen molar-refractivity contribution in [1.29, 1.82) is 0 Å². The molecule has 2 heterocycles. The lowest BCUT2D eigenvalue weighted by atomic mass is 10.0. The molecule has 0 spiro atoms. The number of sulfonamides is 1. The first kappa shape index (κ1) is 28.9. The third-order valence-corrected chi connectivity index (χ3v) is 12.2. The summed E-state index contributed by atoms with van der Waals surface area (Å²) in [4.78, 5) is 14.0. The number of aryl methyl sites for hydroxylation is 1. The predicted molar refractivity (Wildman–Crippen MR) is 167 cm³/mol. The summed E-state index contributed by atoms with van der Waals surface area (Å²) in [6.45, 7) is 6.04. The number of piperazine rings is 1. The van der Waals surface area contributed by atoms with E-state index in [1.54, 1.807) is 18.3 Å². The monoisotopic (exact) mass is 610 g/mol. The fourth-order valence-corrected chi connectivity index (χ4v) is 8.36. The third kappa shape index (κ3) is 7.04. The highest BCUT2D eigenvalue weighted by atomic mass is 32.2. The molecule has 0 amide bonds. The Bertz CT molecular complexity index is 1600. The van der Waals surface area contributed by atoms with Gasteiger partial charge in [0, 0.05) is 55.9 Å². The lowest BCUT2D eigenvalue weighted by Gasteiger charge is -2.34. The summed E-state index contributed by atoms with van der Waals surface area (Å²) in [6.07, 6.45) is 4.84. The Labute approximate surface area is 248 Å². The quantitative estimate of drug-likeness (QED) is 0.333. The van der Waals surface area contributed by atoms with Gasteiger partial charge in [0.05, 0.1) is 21.9 Å². The lowest BCUT2D eigenvalue weighted by Crippen LogP contribution is -2.44. The SMILES string of the molecule is Cc1cnc(Nc2ccc(N3CCN(C)CC3)cc2)nc1Cc1cc(CS(=O)(=O)C2CC2)cc(NS(=O)(=O)C2CC2)c1. The molecule has 2 aliphatic carbocycles. The standard InChI is InChI=1S/C30H38N6O4S2/c1-21-19-31-30(32-24-3-5-26(6-4-24)36-13-11-35(2)12-14-36)33-29(21)18-22-15-23(20-41(37,38)27-7-8-27)17-25(16-22)34-42(39,40)28-9-10-28/h3-6,15-17,19,27-28,34H,7-14,18,20H2,1-2H3,(H,31,32,33). The molecule has 224 valence electrons. The van der Waals surface area contributed by atoms with E-state index in [9.17, 15) is 16.8 Å². The van der Waals surface area contributed by atoms with Crippen molar-refractivity contribution >= 4 is 42.9 Å². The molecule has 1 aromatic heterocycles. The van der Waals surface area contributed by atoms with Gasteiger partial charge >= 0.3 is 0 Å². The van der Waals surface area contributed by atoms with Crippen LogP contribution in [-0.4, -0.2) is 75.4 Å². The van der Waals surface area contributed by atoms with Gasteiger partial charge in [0.1, 0.15) is 0 Å². The number of rotatable bonds is 11. The van der Waals surface area contributed by atoms with E-state index in [0.29, 0.717) is 49.3 Å². The summed E-state index contributed by atoms with van der Waals surface area (Å²) in [5.41, 5.74) is 5.50. The van der Waals surface area contributed by atoms with Crippen LogP contribution >= 0.6 is 0 Å². The number of anilines is 4. The van der Waals surface area contributed by atoms with Crippen molar-refractivity contribution in [3.8, 4) is 0 Å². The van der Waals surface area contributed by atoms with Crippen LogP contribution < -0.4 is 14.9 Å². The molecule has 1 saturated heterocycles. The van der Waals surface area contributed by atoms with Crippen molar-refractivity contribution in [1.82, 2.24) is 14.9 Å². The number of hydrogen-bond donors (Lipinski definition) is 2. The highest BCUT2D eigenvalue weighted by molar-refractivity contribution is 7.93. The van der Waals surface area contributed by atoms with Crippen LogP contribution in [-0.2, 0) is 32.0 Å². The fourth-order valence-electron chi connectivity index (χ4n) is 5.27. The zero-order chi connectivity index (χ0) is 29.5. The minimum Gasteiger partial charge on any atom is -0.369 e. The fraction of sp³-hybridized carbons (Fsp3) is 0.467. The summed E-state index contributed by atoms with van der Waals surface area (Å²) >= 11 is 0. The second-order valence-corrected chi connectivity index (χ2v) is 16.1. The van der Waals surface area contributed by atoms with E-state index in [1.807, 2.05) is 25.1 Å². The largest absolute Gasteiger partial charge is 0.369 e. The van der Waals surface area contributed by atoms with E-state index in [2.05, 4.69) is 44.0 Å². The highest BCUT2D eigenvalue weighted by Crippen LogP contribution is 2.33. The van der Waals surface area contributed by atoms with Crippen LogP contribution in [0.15, 0.2) is 48.7 Å². The van der Waals surface area contributed by atoms with Gasteiger partial charge in [-0.1, -0.05) is 6.07 Å². The van der Waals surface area contributed by atoms with Crippen molar-refractivity contribution in [2.24, 2.45) is 0 Å². The number of nitrogens with zero attached hydrogens (tertiary/aromatic N) is 4. The second-order valence-electron chi connectivity index (χ2n) is 11.9. The average molecular weight is 611 g/mol. The smallest absolute Gasteiger partial charge is 0.235 e. The molecule has 0 radical (unpaired) electrons. The van der Waals surface area contributed by atoms with E-state index >= 15 is 0 Å². The normalized spacial score (nSPS) is 18.2. The number of aromatic nitrogens is 2. The lowest BCUT2D eigenvalue weighted by molar-refractivity contribution is 0.313. The molecule has 10 nitrogen and oxygen atoms in total. The molecular formula is C30H38N6O4S2. The Balaban J connectivity index is 1.21. The van der Waals surface area contributed by atoms with Gasteiger partial charge in [-0.3, -0.25) is 4.72 Å². The molecule has 2 aromatic carbocycles. The molecule has 3 fully saturated rings. The molecule has 0 atom stereocenters. The molecule has 0 unspecified atom stereocenters. The minimum absolute atomic E-state index is 0.108. The molecular weight excluding hydrogens is 573 g/mol.